The highest BCUT2D eigenvalue weighted by atomic mass is 79.9. The number of pyridine rings is 2. The van der Waals surface area contributed by atoms with Crippen LogP contribution in [0.2, 0.25) is 0 Å². The van der Waals surface area contributed by atoms with Crippen molar-refractivity contribution < 1.29 is 9.18 Å². The van der Waals surface area contributed by atoms with E-state index in [1.807, 2.05) is 4.90 Å². The molecule has 0 aliphatic carbocycles. The Bertz CT molecular complexity index is 755. The van der Waals surface area contributed by atoms with E-state index in [1.165, 1.54) is 12.3 Å². The molecule has 2 atom stereocenters. The number of hydrogen-bond acceptors (Lipinski definition) is 4. The van der Waals surface area contributed by atoms with Crippen LogP contribution >= 0.6 is 15.9 Å². The van der Waals surface area contributed by atoms with Gasteiger partial charge in [-0.3, -0.25) is 9.78 Å². The van der Waals surface area contributed by atoms with Crippen molar-refractivity contribution in [2.24, 2.45) is 11.8 Å². The zero-order valence-corrected chi connectivity index (χ0v) is 14.5. The second kappa shape index (κ2) is 6.12. The molecule has 0 spiro atoms. The number of carbonyl (C=O) groups is 1. The minimum absolute atomic E-state index is 0.0321. The Morgan fingerprint density at radius 1 is 1.12 bits per heavy atom. The second-order valence-electron chi connectivity index (χ2n) is 6.36. The lowest BCUT2D eigenvalue weighted by atomic mass is 10.0. The summed E-state index contributed by atoms with van der Waals surface area (Å²) in [6.45, 7) is 3.19. The zero-order chi connectivity index (χ0) is 16.7. The maximum atomic E-state index is 13.0. The van der Waals surface area contributed by atoms with E-state index >= 15 is 0 Å². The van der Waals surface area contributed by atoms with Gasteiger partial charge < -0.3 is 9.80 Å². The number of hydrogen-bond donors (Lipinski definition) is 0. The standard InChI is InChI=1S/C17H16BrFN4O/c18-14-3-11(4-20-5-14)17(24)23-9-12-7-22(8-13(12)10-23)16-2-1-15(19)6-21-16/h1-6,12-13H,7-10H2. The van der Waals surface area contributed by atoms with E-state index in [0.29, 0.717) is 17.4 Å². The summed E-state index contributed by atoms with van der Waals surface area (Å²) in [6.07, 6.45) is 4.53. The molecule has 2 aromatic rings. The van der Waals surface area contributed by atoms with E-state index in [1.54, 1.807) is 24.5 Å². The molecule has 2 aliphatic heterocycles. The van der Waals surface area contributed by atoms with Crippen molar-refractivity contribution in [1.29, 1.82) is 0 Å². The molecule has 0 radical (unpaired) electrons. The third-order valence-corrected chi connectivity index (χ3v) is 5.19. The Hall–Kier alpha value is -2.02. The smallest absolute Gasteiger partial charge is 0.255 e. The highest BCUT2D eigenvalue weighted by Gasteiger charge is 2.42. The third kappa shape index (κ3) is 2.88. The maximum absolute atomic E-state index is 13.0. The summed E-state index contributed by atoms with van der Waals surface area (Å²) in [5, 5.41) is 0. The van der Waals surface area contributed by atoms with Gasteiger partial charge in [0, 0.05) is 54.9 Å². The van der Waals surface area contributed by atoms with E-state index < -0.39 is 0 Å². The Labute approximate surface area is 147 Å². The molecule has 2 aromatic heterocycles. The fourth-order valence-electron chi connectivity index (χ4n) is 3.61. The molecule has 0 N–H and O–H groups in total. The quantitative estimate of drug-likeness (QED) is 0.790. The minimum Gasteiger partial charge on any atom is -0.356 e. The molecule has 0 aromatic carbocycles. The van der Waals surface area contributed by atoms with Crippen LogP contribution in [0.1, 0.15) is 10.4 Å². The predicted octanol–water partition coefficient (Wildman–Crippen LogP) is 2.59. The molecule has 5 nitrogen and oxygen atoms in total. The van der Waals surface area contributed by atoms with E-state index in [2.05, 4.69) is 30.8 Å². The fourth-order valence-corrected chi connectivity index (χ4v) is 3.98. The average Bonchev–Trinajstić information content (AvgIpc) is 3.13. The summed E-state index contributed by atoms with van der Waals surface area (Å²) in [6, 6.07) is 4.96. The van der Waals surface area contributed by atoms with Crippen molar-refractivity contribution in [3.8, 4) is 0 Å². The monoisotopic (exact) mass is 390 g/mol. The first-order valence-electron chi connectivity index (χ1n) is 7.86. The molecular weight excluding hydrogens is 375 g/mol. The molecule has 0 saturated carbocycles. The summed E-state index contributed by atoms with van der Waals surface area (Å²) in [5.74, 6) is 1.38. The lowest BCUT2D eigenvalue weighted by molar-refractivity contribution is 0.0782. The average molecular weight is 391 g/mol. The van der Waals surface area contributed by atoms with E-state index in [9.17, 15) is 9.18 Å². The van der Waals surface area contributed by atoms with Crippen LogP contribution in [-0.2, 0) is 0 Å². The van der Waals surface area contributed by atoms with Crippen LogP contribution in [-0.4, -0.2) is 47.0 Å². The maximum Gasteiger partial charge on any atom is 0.255 e. The zero-order valence-electron chi connectivity index (χ0n) is 12.9. The van der Waals surface area contributed by atoms with Crippen molar-refractivity contribution in [3.05, 3.63) is 52.6 Å². The van der Waals surface area contributed by atoms with Crippen molar-refractivity contribution in [2.45, 2.75) is 0 Å². The van der Waals surface area contributed by atoms with Crippen LogP contribution < -0.4 is 4.90 Å². The van der Waals surface area contributed by atoms with Crippen LogP contribution in [0.5, 0.6) is 0 Å². The summed E-state index contributed by atoms with van der Waals surface area (Å²) >= 11 is 3.35. The van der Waals surface area contributed by atoms with Gasteiger partial charge in [-0.2, -0.15) is 0 Å². The summed E-state index contributed by atoms with van der Waals surface area (Å²) in [7, 11) is 0. The fraction of sp³-hybridized carbons (Fsp3) is 0.353. The van der Waals surface area contributed by atoms with Gasteiger partial charge in [-0.15, -0.1) is 0 Å². The van der Waals surface area contributed by atoms with Gasteiger partial charge in [0.05, 0.1) is 11.8 Å². The highest BCUT2D eigenvalue weighted by Crippen LogP contribution is 2.34. The first-order valence-corrected chi connectivity index (χ1v) is 8.66. The van der Waals surface area contributed by atoms with Gasteiger partial charge in [-0.1, -0.05) is 0 Å². The van der Waals surface area contributed by atoms with Crippen LogP contribution in [0.25, 0.3) is 0 Å². The lowest BCUT2D eigenvalue weighted by Crippen LogP contribution is -2.33. The second-order valence-corrected chi connectivity index (χ2v) is 7.28. The summed E-state index contributed by atoms with van der Waals surface area (Å²) in [5.41, 5.74) is 0.612. The number of amides is 1. The number of anilines is 1. The van der Waals surface area contributed by atoms with Crippen LogP contribution in [0.15, 0.2) is 41.3 Å². The molecule has 0 bridgehead atoms. The number of aromatic nitrogens is 2. The SMILES string of the molecule is O=C(c1cncc(Br)c1)N1CC2CN(c3ccc(F)cn3)CC2C1. The Morgan fingerprint density at radius 2 is 1.88 bits per heavy atom. The molecular formula is C17H16BrFN4O. The number of likely N-dealkylation sites (tertiary alicyclic amines) is 1. The molecule has 7 heteroatoms. The van der Waals surface area contributed by atoms with Gasteiger partial charge in [0.15, 0.2) is 0 Å². The van der Waals surface area contributed by atoms with Gasteiger partial charge in [0.25, 0.3) is 5.91 Å². The molecule has 24 heavy (non-hydrogen) atoms. The Kier molecular flexibility index (Phi) is 3.96. The predicted molar refractivity (Wildman–Crippen MR) is 91.2 cm³/mol. The molecule has 2 aliphatic rings. The Balaban J connectivity index is 1.42. The van der Waals surface area contributed by atoms with Gasteiger partial charge in [0.2, 0.25) is 0 Å². The number of carbonyl (C=O) groups excluding carboxylic acids is 1. The van der Waals surface area contributed by atoms with E-state index in [0.717, 1.165) is 36.5 Å². The Morgan fingerprint density at radius 3 is 2.50 bits per heavy atom. The van der Waals surface area contributed by atoms with Gasteiger partial charge >= 0.3 is 0 Å². The topological polar surface area (TPSA) is 49.3 Å². The number of nitrogens with zero attached hydrogens (tertiary/aromatic N) is 4. The van der Waals surface area contributed by atoms with Crippen molar-refractivity contribution in [1.82, 2.24) is 14.9 Å². The highest BCUT2D eigenvalue weighted by molar-refractivity contribution is 9.10. The number of rotatable bonds is 2. The van der Waals surface area contributed by atoms with Crippen LogP contribution in [0.4, 0.5) is 10.2 Å². The van der Waals surface area contributed by atoms with Gasteiger partial charge in [-0.25, -0.2) is 9.37 Å². The van der Waals surface area contributed by atoms with Crippen LogP contribution in [0.3, 0.4) is 0 Å². The molecule has 1 amide bonds. The first kappa shape index (κ1) is 15.5. The molecule has 2 unspecified atom stereocenters. The molecule has 124 valence electrons. The van der Waals surface area contributed by atoms with Gasteiger partial charge in [-0.05, 0) is 34.1 Å². The molecule has 4 rings (SSSR count). The number of fused-ring (bicyclic) bond motifs is 1. The first-order chi connectivity index (χ1) is 11.6. The largest absolute Gasteiger partial charge is 0.356 e. The third-order valence-electron chi connectivity index (χ3n) is 4.76. The normalized spacial score (nSPS) is 22.8. The number of halogens is 2. The van der Waals surface area contributed by atoms with Crippen molar-refractivity contribution in [2.75, 3.05) is 31.1 Å². The van der Waals surface area contributed by atoms with E-state index in [4.69, 9.17) is 0 Å². The molecule has 2 fully saturated rings. The lowest BCUT2D eigenvalue weighted by Gasteiger charge is -2.22. The minimum atomic E-state index is -0.322. The summed E-state index contributed by atoms with van der Waals surface area (Å²) in [4.78, 5) is 24.9. The van der Waals surface area contributed by atoms with E-state index in [-0.39, 0.29) is 11.7 Å². The molecule has 2 saturated heterocycles. The van der Waals surface area contributed by atoms with Crippen molar-refractivity contribution in [3.63, 3.8) is 0 Å². The summed E-state index contributed by atoms with van der Waals surface area (Å²) < 4.78 is 13.8. The molecule has 4 heterocycles. The van der Waals surface area contributed by atoms with Crippen LogP contribution in [0, 0.1) is 17.7 Å². The van der Waals surface area contributed by atoms with Gasteiger partial charge in [0.1, 0.15) is 11.6 Å². The van der Waals surface area contributed by atoms with Crippen molar-refractivity contribution >= 4 is 27.7 Å².